The Kier molecular flexibility index (Phi) is 4.55. The number of rotatable bonds is 6. The SMILES string of the molecule is CCCCCC(C)Nc1nc2ccccc2c(=O)[nH]1. The second kappa shape index (κ2) is 6.36. The maximum absolute atomic E-state index is 11.9. The molecule has 1 heterocycles. The largest absolute Gasteiger partial charge is 0.353 e. The van der Waals surface area contributed by atoms with Crippen molar-refractivity contribution in [3.8, 4) is 0 Å². The van der Waals surface area contributed by atoms with Crippen LogP contribution in [0.25, 0.3) is 10.9 Å². The van der Waals surface area contributed by atoms with Crippen molar-refractivity contribution in [3.05, 3.63) is 34.6 Å². The van der Waals surface area contributed by atoms with E-state index in [9.17, 15) is 4.79 Å². The molecule has 4 nitrogen and oxygen atoms in total. The summed E-state index contributed by atoms with van der Waals surface area (Å²) in [5.41, 5.74) is 0.642. The van der Waals surface area contributed by atoms with Crippen LogP contribution in [0.1, 0.15) is 39.5 Å². The molecule has 19 heavy (non-hydrogen) atoms. The van der Waals surface area contributed by atoms with E-state index < -0.39 is 0 Å². The van der Waals surface area contributed by atoms with Crippen molar-refractivity contribution in [2.75, 3.05) is 5.32 Å². The quantitative estimate of drug-likeness (QED) is 0.782. The third-order valence-corrected chi connectivity index (χ3v) is 3.24. The zero-order chi connectivity index (χ0) is 13.7. The van der Waals surface area contributed by atoms with Crippen LogP contribution in [0, 0.1) is 0 Å². The highest BCUT2D eigenvalue weighted by Crippen LogP contribution is 2.10. The number of nitrogens with zero attached hydrogens (tertiary/aromatic N) is 1. The molecule has 0 aliphatic rings. The molecular formula is C15H21N3O. The maximum Gasteiger partial charge on any atom is 0.260 e. The number of nitrogens with one attached hydrogen (secondary N) is 2. The maximum atomic E-state index is 11.9. The lowest BCUT2D eigenvalue weighted by Crippen LogP contribution is -2.20. The van der Waals surface area contributed by atoms with Gasteiger partial charge in [-0.2, -0.15) is 0 Å². The molecule has 2 N–H and O–H groups in total. The van der Waals surface area contributed by atoms with Gasteiger partial charge in [0.25, 0.3) is 5.56 Å². The third kappa shape index (κ3) is 3.56. The van der Waals surface area contributed by atoms with Gasteiger partial charge in [-0.3, -0.25) is 9.78 Å². The molecule has 0 spiro atoms. The predicted octanol–water partition coefficient (Wildman–Crippen LogP) is 3.30. The number of aromatic amines is 1. The molecule has 1 unspecified atom stereocenters. The van der Waals surface area contributed by atoms with Crippen molar-refractivity contribution >= 4 is 16.9 Å². The van der Waals surface area contributed by atoms with Gasteiger partial charge >= 0.3 is 0 Å². The van der Waals surface area contributed by atoms with E-state index in [-0.39, 0.29) is 5.56 Å². The number of hydrogen-bond acceptors (Lipinski definition) is 3. The van der Waals surface area contributed by atoms with E-state index in [2.05, 4.69) is 29.1 Å². The zero-order valence-electron chi connectivity index (χ0n) is 11.6. The van der Waals surface area contributed by atoms with Gasteiger partial charge in [0.05, 0.1) is 10.9 Å². The minimum Gasteiger partial charge on any atom is -0.353 e. The van der Waals surface area contributed by atoms with Crippen molar-refractivity contribution in [2.24, 2.45) is 0 Å². The standard InChI is InChI=1S/C15H21N3O/c1-3-4-5-8-11(2)16-15-17-13-10-7-6-9-12(13)14(19)18-15/h6-7,9-11H,3-5,8H2,1-2H3,(H2,16,17,18,19). The van der Waals surface area contributed by atoms with Gasteiger partial charge in [-0.1, -0.05) is 38.3 Å². The topological polar surface area (TPSA) is 57.8 Å². The van der Waals surface area contributed by atoms with Crippen molar-refractivity contribution in [3.63, 3.8) is 0 Å². The molecular weight excluding hydrogens is 238 g/mol. The van der Waals surface area contributed by atoms with Crippen LogP contribution < -0.4 is 10.9 Å². The molecule has 0 aliphatic carbocycles. The average molecular weight is 259 g/mol. The monoisotopic (exact) mass is 259 g/mol. The van der Waals surface area contributed by atoms with E-state index in [0.29, 0.717) is 17.4 Å². The summed E-state index contributed by atoms with van der Waals surface area (Å²) >= 11 is 0. The first-order valence-corrected chi connectivity index (χ1v) is 6.96. The van der Waals surface area contributed by atoms with Crippen molar-refractivity contribution in [2.45, 2.75) is 45.6 Å². The summed E-state index contributed by atoms with van der Waals surface area (Å²) < 4.78 is 0. The summed E-state index contributed by atoms with van der Waals surface area (Å²) in [7, 11) is 0. The molecule has 0 saturated carbocycles. The van der Waals surface area contributed by atoms with Gasteiger partial charge in [-0.05, 0) is 25.5 Å². The lowest BCUT2D eigenvalue weighted by Gasteiger charge is -2.14. The smallest absolute Gasteiger partial charge is 0.260 e. The summed E-state index contributed by atoms with van der Waals surface area (Å²) in [6, 6.07) is 7.70. The van der Waals surface area contributed by atoms with E-state index in [1.165, 1.54) is 19.3 Å². The van der Waals surface area contributed by atoms with Crippen molar-refractivity contribution < 1.29 is 0 Å². The van der Waals surface area contributed by atoms with E-state index in [1.807, 2.05) is 18.2 Å². The second-order valence-corrected chi connectivity index (χ2v) is 4.97. The van der Waals surface area contributed by atoms with Crippen LogP contribution >= 0.6 is 0 Å². The van der Waals surface area contributed by atoms with Crippen molar-refractivity contribution in [1.82, 2.24) is 9.97 Å². The van der Waals surface area contributed by atoms with Crippen LogP contribution in [0.15, 0.2) is 29.1 Å². The number of anilines is 1. The first-order chi connectivity index (χ1) is 9.20. The molecule has 0 fully saturated rings. The van der Waals surface area contributed by atoms with Crippen LogP contribution in [0.4, 0.5) is 5.95 Å². The Morgan fingerprint density at radius 2 is 2.11 bits per heavy atom. The van der Waals surface area contributed by atoms with Crippen LogP contribution in [0.3, 0.4) is 0 Å². The molecule has 0 saturated heterocycles. The Morgan fingerprint density at radius 3 is 2.89 bits per heavy atom. The van der Waals surface area contributed by atoms with Gasteiger partial charge in [0.1, 0.15) is 0 Å². The van der Waals surface area contributed by atoms with Gasteiger partial charge in [0, 0.05) is 6.04 Å². The Balaban J connectivity index is 2.11. The highest BCUT2D eigenvalue weighted by molar-refractivity contribution is 5.78. The van der Waals surface area contributed by atoms with Crippen LogP contribution in [0.5, 0.6) is 0 Å². The minimum absolute atomic E-state index is 0.0890. The van der Waals surface area contributed by atoms with Crippen LogP contribution in [-0.2, 0) is 0 Å². The molecule has 4 heteroatoms. The van der Waals surface area contributed by atoms with Crippen LogP contribution in [0.2, 0.25) is 0 Å². The molecule has 0 bridgehead atoms. The molecule has 0 amide bonds. The zero-order valence-corrected chi connectivity index (χ0v) is 11.6. The van der Waals surface area contributed by atoms with Gasteiger partial charge < -0.3 is 5.32 Å². The van der Waals surface area contributed by atoms with E-state index >= 15 is 0 Å². The number of hydrogen-bond donors (Lipinski definition) is 2. The van der Waals surface area contributed by atoms with Gasteiger partial charge in [0.15, 0.2) is 0 Å². The number of unbranched alkanes of at least 4 members (excludes halogenated alkanes) is 2. The fourth-order valence-electron chi connectivity index (χ4n) is 2.16. The van der Waals surface area contributed by atoms with Crippen molar-refractivity contribution in [1.29, 1.82) is 0 Å². The van der Waals surface area contributed by atoms with E-state index in [0.717, 1.165) is 11.9 Å². The molecule has 2 aromatic rings. The number of benzene rings is 1. The minimum atomic E-state index is -0.0890. The highest BCUT2D eigenvalue weighted by atomic mass is 16.1. The number of para-hydroxylation sites is 1. The fourth-order valence-corrected chi connectivity index (χ4v) is 2.16. The third-order valence-electron chi connectivity index (χ3n) is 3.24. The summed E-state index contributed by atoms with van der Waals surface area (Å²) in [6.07, 6.45) is 4.75. The lowest BCUT2D eigenvalue weighted by molar-refractivity contribution is 0.612. The predicted molar refractivity (Wildman–Crippen MR) is 79.6 cm³/mol. The number of H-pyrrole nitrogens is 1. The molecule has 1 aromatic carbocycles. The Labute approximate surface area is 113 Å². The Morgan fingerprint density at radius 1 is 1.32 bits per heavy atom. The average Bonchev–Trinajstić information content (AvgIpc) is 2.39. The highest BCUT2D eigenvalue weighted by Gasteiger charge is 2.06. The van der Waals surface area contributed by atoms with Gasteiger partial charge in [-0.25, -0.2) is 4.98 Å². The molecule has 0 radical (unpaired) electrons. The van der Waals surface area contributed by atoms with E-state index in [1.54, 1.807) is 6.07 Å². The normalized spacial score (nSPS) is 12.5. The Hall–Kier alpha value is -1.84. The summed E-state index contributed by atoms with van der Waals surface area (Å²) in [5.74, 6) is 0.563. The summed E-state index contributed by atoms with van der Waals surface area (Å²) in [6.45, 7) is 4.31. The first-order valence-electron chi connectivity index (χ1n) is 6.96. The molecule has 1 atom stereocenters. The van der Waals surface area contributed by atoms with Gasteiger partial charge in [0.2, 0.25) is 5.95 Å². The number of aromatic nitrogens is 2. The summed E-state index contributed by atoms with van der Waals surface area (Å²) in [4.78, 5) is 19.1. The number of fused-ring (bicyclic) bond motifs is 1. The molecule has 1 aromatic heterocycles. The van der Waals surface area contributed by atoms with E-state index in [4.69, 9.17) is 0 Å². The second-order valence-electron chi connectivity index (χ2n) is 4.97. The molecule has 0 aliphatic heterocycles. The van der Waals surface area contributed by atoms with Crippen LogP contribution in [-0.4, -0.2) is 16.0 Å². The first kappa shape index (κ1) is 13.6. The Bertz CT molecular complexity index is 591. The summed E-state index contributed by atoms with van der Waals surface area (Å²) in [5, 5.41) is 3.90. The van der Waals surface area contributed by atoms with Gasteiger partial charge in [-0.15, -0.1) is 0 Å². The fraction of sp³-hybridized carbons (Fsp3) is 0.467. The molecule has 102 valence electrons. The molecule has 2 rings (SSSR count). The lowest BCUT2D eigenvalue weighted by atomic mass is 10.1.